The first-order chi connectivity index (χ1) is 11.9. The lowest BCUT2D eigenvalue weighted by molar-refractivity contribution is -0.385. The number of rotatable bonds is 4. The molecular weight excluding hydrogens is 332 g/mol. The Hall–Kier alpha value is -3.56. The number of carbonyl (C=O) groups excluding carboxylic acids is 1. The Morgan fingerprint density at radius 1 is 1.08 bits per heavy atom. The van der Waals surface area contributed by atoms with E-state index in [0.717, 1.165) is 22.9 Å². The molecular formula is C15H12N4O6. The number of carbonyl (C=O) groups is 1. The quantitative estimate of drug-likeness (QED) is 0.606. The smallest absolute Gasteiger partial charge is 0.285 e. The molecule has 1 aromatic heterocycles. The van der Waals surface area contributed by atoms with Gasteiger partial charge in [-0.05, 0) is 18.1 Å². The molecule has 0 atom stereocenters. The number of pyridine rings is 1. The van der Waals surface area contributed by atoms with Crippen LogP contribution in [0.1, 0.15) is 5.56 Å². The van der Waals surface area contributed by atoms with E-state index >= 15 is 0 Å². The van der Waals surface area contributed by atoms with E-state index in [9.17, 15) is 29.8 Å². The van der Waals surface area contributed by atoms with Gasteiger partial charge in [-0.2, -0.15) is 0 Å². The second kappa shape index (κ2) is 6.15. The summed E-state index contributed by atoms with van der Waals surface area (Å²) >= 11 is 0. The van der Waals surface area contributed by atoms with E-state index < -0.39 is 21.3 Å². The highest BCUT2D eigenvalue weighted by Crippen LogP contribution is 2.31. The molecule has 0 bridgehead atoms. The predicted octanol–water partition coefficient (Wildman–Crippen LogP) is 1.25. The van der Waals surface area contributed by atoms with Gasteiger partial charge in [0.15, 0.2) is 0 Å². The number of nitro groups is 2. The van der Waals surface area contributed by atoms with E-state index in [-0.39, 0.29) is 17.9 Å². The van der Waals surface area contributed by atoms with Crippen LogP contribution in [-0.2, 0) is 17.8 Å². The van der Waals surface area contributed by atoms with E-state index in [1.54, 1.807) is 0 Å². The molecule has 128 valence electrons. The molecule has 10 nitrogen and oxygen atoms in total. The zero-order valence-electron chi connectivity index (χ0n) is 12.8. The molecule has 1 aromatic carbocycles. The van der Waals surface area contributed by atoms with Crippen LogP contribution in [0.3, 0.4) is 0 Å². The van der Waals surface area contributed by atoms with Gasteiger partial charge in [0.2, 0.25) is 5.91 Å². The number of nitrogens with zero attached hydrogens (tertiary/aromatic N) is 4. The van der Waals surface area contributed by atoms with E-state index in [2.05, 4.69) is 0 Å². The molecule has 25 heavy (non-hydrogen) atoms. The Kier molecular flexibility index (Phi) is 4.01. The SMILES string of the molecule is O=C(Cn1cc([N+](=O)[O-])ccc1=O)N1CCc2cc([N+](=O)[O-])ccc21. The van der Waals surface area contributed by atoms with Crippen LogP contribution < -0.4 is 10.5 Å². The summed E-state index contributed by atoms with van der Waals surface area (Å²) in [4.78, 5) is 46.2. The number of anilines is 1. The topological polar surface area (TPSA) is 129 Å². The summed E-state index contributed by atoms with van der Waals surface area (Å²) in [6.45, 7) is -0.0179. The highest BCUT2D eigenvalue weighted by molar-refractivity contribution is 5.95. The molecule has 0 radical (unpaired) electrons. The minimum Gasteiger partial charge on any atom is -0.310 e. The van der Waals surface area contributed by atoms with Crippen LogP contribution in [0.15, 0.2) is 41.3 Å². The minimum atomic E-state index is -0.648. The zero-order valence-corrected chi connectivity index (χ0v) is 12.8. The lowest BCUT2D eigenvalue weighted by Crippen LogP contribution is -2.35. The summed E-state index contributed by atoms with van der Waals surface area (Å²) in [6, 6.07) is 6.33. The molecule has 0 aliphatic carbocycles. The molecule has 10 heteroatoms. The second-order valence-corrected chi connectivity index (χ2v) is 5.48. The van der Waals surface area contributed by atoms with Crippen LogP contribution in [0.25, 0.3) is 0 Å². The van der Waals surface area contributed by atoms with Crippen molar-refractivity contribution >= 4 is 23.0 Å². The molecule has 1 amide bonds. The highest BCUT2D eigenvalue weighted by atomic mass is 16.6. The van der Waals surface area contributed by atoms with Crippen LogP contribution in [0.5, 0.6) is 0 Å². The zero-order chi connectivity index (χ0) is 18.1. The molecule has 0 spiro atoms. The third-order valence-electron chi connectivity index (χ3n) is 3.95. The lowest BCUT2D eigenvalue weighted by Gasteiger charge is -2.17. The van der Waals surface area contributed by atoms with Crippen LogP contribution >= 0.6 is 0 Å². The van der Waals surface area contributed by atoms with Crippen LogP contribution in [0, 0.1) is 20.2 Å². The number of non-ortho nitro benzene ring substituents is 1. The maximum Gasteiger partial charge on any atom is 0.285 e. The highest BCUT2D eigenvalue weighted by Gasteiger charge is 2.26. The van der Waals surface area contributed by atoms with Crippen LogP contribution in [-0.4, -0.2) is 26.9 Å². The first kappa shape index (κ1) is 16.3. The summed E-state index contributed by atoms with van der Waals surface area (Å²) in [5.41, 5.74) is 0.359. The van der Waals surface area contributed by atoms with Gasteiger partial charge in [0.05, 0.1) is 16.0 Å². The Labute approximate surface area is 140 Å². The van der Waals surface area contributed by atoms with E-state index in [1.807, 2.05) is 0 Å². The summed E-state index contributed by atoms with van der Waals surface area (Å²) < 4.78 is 0.976. The van der Waals surface area contributed by atoms with Crippen molar-refractivity contribution in [3.8, 4) is 0 Å². The van der Waals surface area contributed by atoms with Crippen molar-refractivity contribution in [1.82, 2.24) is 4.57 Å². The maximum atomic E-state index is 12.5. The standard InChI is InChI=1S/C15H12N4O6/c20-14-4-2-12(19(24)25)8-16(14)9-15(21)17-6-5-10-7-11(18(22)23)1-3-13(10)17/h1-4,7-8H,5-6,9H2. The molecule has 0 unspecified atom stereocenters. The summed E-state index contributed by atoms with van der Waals surface area (Å²) in [5, 5.41) is 21.6. The summed E-state index contributed by atoms with van der Waals surface area (Å²) in [6.07, 6.45) is 1.49. The minimum absolute atomic E-state index is 0.0528. The number of hydrogen-bond acceptors (Lipinski definition) is 6. The fourth-order valence-electron chi connectivity index (χ4n) is 2.74. The fraction of sp³-hybridized carbons (Fsp3) is 0.200. The predicted molar refractivity (Wildman–Crippen MR) is 86.5 cm³/mol. The monoisotopic (exact) mass is 344 g/mol. The van der Waals surface area contributed by atoms with Gasteiger partial charge in [-0.1, -0.05) is 0 Å². The van der Waals surface area contributed by atoms with Crippen molar-refractivity contribution in [3.63, 3.8) is 0 Å². The van der Waals surface area contributed by atoms with Gasteiger partial charge in [0.1, 0.15) is 6.54 Å². The molecule has 0 saturated carbocycles. The third kappa shape index (κ3) is 3.09. The van der Waals surface area contributed by atoms with Gasteiger partial charge in [0, 0.05) is 36.5 Å². The number of nitro benzene ring substituents is 1. The molecule has 3 rings (SSSR count). The van der Waals surface area contributed by atoms with Gasteiger partial charge in [-0.3, -0.25) is 34.4 Å². The largest absolute Gasteiger partial charge is 0.310 e. The Balaban J connectivity index is 1.85. The van der Waals surface area contributed by atoms with E-state index in [1.165, 1.54) is 23.1 Å². The number of aromatic nitrogens is 1. The van der Waals surface area contributed by atoms with Crippen molar-refractivity contribution in [1.29, 1.82) is 0 Å². The van der Waals surface area contributed by atoms with Gasteiger partial charge in [0.25, 0.3) is 16.9 Å². The normalized spacial score (nSPS) is 12.7. The average Bonchev–Trinajstić information content (AvgIpc) is 2.99. The number of hydrogen-bond donors (Lipinski definition) is 0. The van der Waals surface area contributed by atoms with E-state index in [4.69, 9.17) is 0 Å². The average molecular weight is 344 g/mol. The molecule has 0 fully saturated rings. The van der Waals surface area contributed by atoms with Gasteiger partial charge < -0.3 is 4.90 Å². The van der Waals surface area contributed by atoms with Gasteiger partial charge in [-0.25, -0.2) is 0 Å². The van der Waals surface area contributed by atoms with Crippen molar-refractivity contribution in [2.45, 2.75) is 13.0 Å². The molecule has 2 heterocycles. The second-order valence-electron chi connectivity index (χ2n) is 5.48. The number of amides is 1. The van der Waals surface area contributed by atoms with Crippen molar-refractivity contribution in [2.24, 2.45) is 0 Å². The van der Waals surface area contributed by atoms with Crippen molar-refractivity contribution in [2.75, 3.05) is 11.4 Å². The van der Waals surface area contributed by atoms with Crippen molar-refractivity contribution < 1.29 is 14.6 Å². The van der Waals surface area contributed by atoms with Gasteiger partial charge in [-0.15, -0.1) is 0 Å². The van der Waals surface area contributed by atoms with E-state index in [0.29, 0.717) is 24.2 Å². The fourth-order valence-corrected chi connectivity index (χ4v) is 2.74. The maximum absolute atomic E-state index is 12.5. The lowest BCUT2D eigenvalue weighted by atomic mass is 10.1. The van der Waals surface area contributed by atoms with Crippen LogP contribution in [0.4, 0.5) is 17.1 Å². The van der Waals surface area contributed by atoms with Crippen molar-refractivity contribution in [3.05, 3.63) is 72.7 Å². The Morgan fingerprint density at radius 3 is 2.44 bits per heavy atom. The third-order valence-corrected chi connectivity index (χ3v) is 3.95. The molecule has 2 aromatic rings. The number of benzene rings is 1. The summed E-state index contributed by atoms with van der Waals surface area (Å²) in [7, 11) is 0. The molecule has 0 saturated heterocycles. The Bertz CT molecular complexity index is 951. The first-order valence-electron chi connectivity index (χ1n) is 7.29. The molecule has 1 aliphatic heterocycles. The molecule has 0 N–H and O–H groups in total. The van der Waals surface area contributed by atoms with Crippen LogP contribution in [0.2, 0.25) is 0 Å². The number of fused-ring (bicyclic) bond motifs is 1. The molecule has 1 aliphatic rings. The Morgan fingerprint density at radius 2 is 1.76 bits per heavy atom. The van der Waals surface area contributed by atoms with Gasteiger partial charge >= 0.3 is 0 Å². The summed E-state index contributed by atoms with van der Waals surface area (Å²) in [5.74, 6) is -0.421. The first-order valence-corrected chi connectivity index (χ1v) is 7.29.